The lowest BCUT2D eigenvalue weighted by molar-refractivity contribution is -0.147. The van der Waals surface area contributed by atoms with E-state index in [-0.39, 0.29) is 18.5 Å². The lowest BCUT2D eigenvalue weighted by Crippen LogP contribution is -2.21. The molecule has 1 amide bonds. The van der Waals surface area contributed by atoms with Crippen molar-refractivity contribution in [3.8, 4) is 22.8 Å². The van der Waals surface area contributed by atoms with Gasteiger partial charge < -0.3 is 14.2 Å². The highest BCUT2D eigenvalue weighted by atomic mass is 32.1. The molecule has 28 heavy (non-hydrogen) atoms. The smallest absolute Gasteiger partial charge is 0.306 e. The average Bonchev–Trinajstić information content (AvgIpc) is 3.38. The van der Waals surface area contributed by atoms with Crippen molar-refractivity contribution >= 4 is 28.3 Å². The molecule has 1 N–H and O–H groups in total. The summed E-state index contributed by atoms with van der Waals surface area (Å²) in [6.45, 7) is -0.327. The Morgan fingerprint density at radius 1 is 1.29 bits per heavy atom. The number of anilines is 1. The van der Waals surface area contributed by atoms with E-state index in [1.807, 2.05) is 17.5 Å². The van der Waals surface area contributed by atoms with Crippen LogP contribution >= 0.6 is 11.3 Å². The summed E-state index contributed by atoms with van der Waals surface area (Å²) >= 11 is 1.28. The number of carbonyl (C=O) groups is 2. The number of allylic oxidation sites excluding steroid dienone is 2. The summed E-state index contributed by atoms with van der Waals surface area (Å²) in [5.41, 5.74) is 1.41. The topological polar surface area (TPSA) is 86.8 Å². The third kappa shape index (κ3) is 5.10. The Balaban J connectivity index is 1.56. The molecule has 1 aliphatic rings. The molecule has 1 aliphatic carbocycles. The van der Waals surface area contributed by atoms with E-state index in [2.05, 4.69) is 16.4 Å². The van der Waals surface area contributed by atoms with Gasteiger partial charge in [-0.1, -0.05) is 12.2 Å². The Kier molecular flexibility index (Phi) is 6.65. The molecule has 1 atom stereocenters. The first-order valence-corrected chi connectivity index (χ1v) is 9.77. The molecule has 1 aromatic carbocycles. The first-order valence-electron chi connectivity index (χ1n) is 8.89. The second kappa shape index (κ2) is 9.36. The van der Waals surface area contributed by atoms with Gasteiger partial charge in [-0.05, 0) is 37.0 Å². The molecule has 3 rings (SSSR count). The fourth-order valence-corrected chi connectivity index (χ4v) is 3.64. The summed E-state index contributed by atoms with van der Waals surface area (Å²) in [6.07, 6.45) is 6.33. The van der Waals surface area contributed by atoms with Crippen LogP contribution in [0.15, 0.2) is 35.7 Å². The van der Waals surface area contributed by atoms with E-state index < -0.39 is 5.91 Å². The average molecular weight is 402 g/mol. The van der Waals surface area contributed by atoms with Crippen molar-refractivity contribution in [1.29, 1.82) is 0 Å². The van der Waals surface area contributed by atoms with Gasteiger partial charge in [-0.3, -0.25) is 14.9 Å². The summed E-state index contributed by atoms with van der Waals surface area (Å²) in [6, 6.07) is 5.41. The van der Waals surface area contributed by atoms with Crippen LogP contribution < -0.4 is 14.8 Å². The molecule has 0 spiro atoms. The Morgan fingerprint density at radius 2 is 2.14 bits per heavy atom. The number of nitrogens with one attached hydrogen (secondary N) is 1. The normalized spacial score (nSPS) is 15.3. The zero-order valence-electron chi connectivity index (χ0n) is 15.8. The van der Waals surface area contributed by atoms with Gasteiger partial charge in [0.1, 0.15) is 11.5 Å². The summed E-state index contributed by atoms with van der Waals surface area (Å²) in [7, 11) is 3.17. The van der Waals surface area contributed by atoms with Crippen LogP contribution in [0.25, 0.3) is 11.3 Å². The van der Waals surface area contributed by atoms with Gasteiger partial charge in [-0.2, -0.15) is 0 Å². The zero-order chi connectivity index (χ0) is 19.9. The van der Waals surface area contributed by atoms with Crippen LogP contribution in [0, 0.1) is 5.92 Å². The van der Waals surface area contributed by atoms with Crippen LogP contribution in [0.5, 0.6) is 11.5 Å². The highest BCUT2D eigenvalue weighted by Crippen LogP contribution is 2.35. The highest BCUT2D eigenvalue weighted by Gasteiger charge is 2.17. The largest absolute Gasteiger partial charge is 0.497 e. The maximum Gasteiger partial charge on any atom is 0.306 e. The first kappa shape index (κ1) is 19.9. The number of aromatic nitrogens is 1. The number of rotatable bonds is 8. The molecule has 0 saturated heterocycles. The van der Waals surface area contributed by atoms with Gasteiger partial charge in [0.2, 0.25) is 0 Å². The fraction of sp³-hybridized carbons (Fsp3) is 0.350. The van der Waals surface area contributed by atoms with E-state index in [0.717, 1.165) is 18.4 Å². The molecule has 8 heteroatoms. The number of ether oxygens (including phenoxy) is 3. The van der Waals surface area contributed by atoms with E-state index in [4.69, 9.17) is 14.2 Å². The summed E-state index contributed by atoms with van der Waals surface area (Å²) in [5, 5.41) is 4.88. The minimum atomic E-state index is -0.422. The maximum absolute atomic E-state index is 12.0. The maximum atomic E-state index is 12.0. The Hall–Kier alpha value is -2.87. The molecule has 7 nitrogen and oxygen atoms in total. The Bertz CT molecular complexity index is 877. The van der Waals surface area contributed by atoms with Gasteiger partial charge >= 0.3 is 5.97 Å². The number of hydrogen-bond donors (Lipinski definition) is 1. The van der Waals surface area contributed by atoms with Crippen LogP contribution in [0.3, 0.4) is 0 Å². The molecule has 1 aromatic heterocycles. The van der Waals surface area contributed by atoms with Gasteiger partial charge in [0, 0.05) is 10.9 Å². The predicted molar refractivity (Wildman–Crippen MR) is 107 cm³/mol. The van der Waals surface area contributed by atoms with Crippen molar-refractivity contribution in [1.82, 2.24) is 4.98 Å². The number of carbonyl (C=O) groups excluding carboxylic acids is 2. The molecular weight excluding hydrogens is 380 g/mol. The monoisotopic (exact) mass is 402 g/mol. The third-order valence-electron chi connectivity index (χ3n) is 4.34. The van der Waals surface area contributed by atoms with E-state index in [9.17, 15) is 9.59 Å². The van der Waals surface area contributed by atoms with E-state index in [1.165, 1.54) is 11.3 Å². The van der Waals surface area contributed by atoms with Crippen molar-refractivity contribution < 1.29 is 23.8 Å². The van der Waals surface area contributed by atoms with E-state index in [0.29, 0.717) is 28.7 Å². The number of benzene rings is 1. The van der Waals surface area contributed by atoms with Gasteiger partial charge in [-0.15, -0.1) is 11.3 Å². The summed E-state index contributed by atoms with van der Waals surface area (Å²) in [5.74, 6) is 0.758. The van der Waals surface area contributed by atoms with Crippen LogP contribution in [0.1, 0.15) is 19.3 Å². The molecule has 0 saturated carbocycles. The highest BCUT2D eigenvalue weighted by molar-refractivity contribution is 7.14. The first-order chi connectivity index (χ1) is 13.6. The second-order valence-corrected chi connectivity index (χ2v) is 7.14. The fourth-order valence-electron chi connectivity index (χ4n) is 2.91. The number of thiazole rings is 1. The Morgan fingerprint density at radius 3 is 2.86 bits per heavy atom. The van der Waals surface area contributed by atoms with Crippen molar-refractivity contribution in [2.75, 3.05) is 26.1 Å². The van der Waals surface area contributed by atoms with Crippen LogP contribution in [-0.2, 0) is 14.3 Å². The molecule has 0 fully saturated rings. The molecule has 0 bridgehead atoms. The van der Waals surface area contributed by atoms with Gasteiger partial charge in [0.25, 0.3) is 5.91 Å². The minimum absolute atomic E-state index is 0.218. The number of amides is 1. The number of hydrogen-bond acceptors (Lipinski definition) is 7. The third-order valence-corrected chi connectivity index (χ3v) is 5.10. The molecule has 0 aliphatic heterocycles. The minimum Gasteiger partial charge on any atom is -0.497 e. The van der Waals surface area contributed by atoms with Crippen LogP contribution in [0.2, 0.25) is 0 Å². The van der Waals surface area contributed by atoms with Crippen molar-refractivity contribution in [3.05, 3.63) is 35.7 Å². The summed E-state index contributed by atoms with van der Waals surface area (Å²) < 4.78 is 15.7. The van der Waals surface area contributed by atoms with Gasteiger partial charge in [0.05, 0.1) is 26.3 Å². The SMILES string of the molecule is COc1ccc(OC)c(-c2csc(NC(=O)COC(=O)C[C@@H]3C=CCC3)n2)c1. The van der Waals surface area contributed by atoms with Gasteiger partial charge in [-0.25, -0.2) is 4.98 Å². The Labute approximate surface area is 167 Å². The second-order valence-electron chi connectivity index (χ2n) is 6.28. The van der Waals surface area contributed by atoms with Gasteiger partial charge in [0.15, 0.2) is 11.7 Å². The van der Waals surface area contributed by atoms with Crippen molar-refractivity contribution in [2.45, 2.75) is 19.3 Å². The summed E-state index contributed by atoms with van der Waals surface area (Å²) in [4.78, 5) is 28.3. The predicted octanol–water partition coefficient (Wildman–Crippen LogP) is 3.67. The number of methoxy groups -OCH3 is 2. The molecule has 0 radical (unpaired) electrons. The number of nitrogens with zero attached hydrogens (tertiary/aromatic N) is 1. The van der Waals surface area contributed by atoms with E-state index >= 15 is 0 Å². The zero-order valence-corrected chi connectivity index (χ0v) is 16.6. The molecule has 1 heterocycles. The van der Waals surface area contributed by atoms with Crippen LogP contribution in [0.4, 0.5) is 5.13 Å². The lowest BCUT2D eigenvalue weighted by atomic mass is 10.1. The quantitative estimate of drug-likeness (QED) is 0.536. The molecular formula is C20H22N2O5S. The van der Waals surface area contributed by atoms with Crippen molar-refractivity contribution in [3.63, 3.8) is 0 Å². The van der Waals surface area contributed by atoms with Crippen LogP contribution in [-0.4, -0.2) is 37.7 Å². The molecule has 148 valence electrons. The lowest BCUT2D eigenvalue weighted by Gasteiger charge is -2.08. The molecule has 2 aromatic rings. The molecule has 0 unspecified atom stereocenters. The van der Waals surface area contributed by atoms with Crippen molar-refractivity contribution in [2.24, 2.45) is 5.92 Å². The van der Waals surface area contributed by atoms with E-state index in [1.54, 1.807) is 26.4 Å². The standard InChI is InChI=1S/C20H22N2O5S/c1-25-14-7-8-17(26-2)15(10-14)16-12-28-20(21-16)22-18(23)11-27-19(24)9-13-5-3-4-6-13/h3,5,7-8,10,12-13H,4,6,9,11H2,1-2H3,(H,21,22,23)/t13-/m1/s1. The number of esters is 1.